The Labute approximate surface area is 144 Å². The highest BCUT2D eigenvalue weighted by Crippen LogP contribution is 2.38. The van der Waals surface area contributed by atoms with Gasteiger partial charge in [-0.2, -0.15) is 0 Å². The van der Waals surface area contributed by atoms with Gasteiger partial charge < -0.3 is 15.6 Å². The molecule has 1 aliphatic rings. The smallest absolute Gasteiger partial charge is 0.249 e. The summed E-state index contributed by atoms with van der Waals surface area (Å²) in [6.07, 6.45) is 4.23. The van der Waals surface area contributed by atoms with E-state index in [2.05, 4.69) is 16.5 Å². The third kappa shape index (κ3) is 2.23. The molecule has 4 nitrogen and oxygen atoms in total. The van der Waals surface area contributed by atoms with E-state index in [0.717, 1.165) is 38.6 Å². The van der Waals surface area contributed by atoms with Crippen LogP contribution in [0.25, 0.3) is 33.6 Å². The van der Waals surface area contributed by atoms with Gasteiger partial charge in [-0.3, -0.25) is 9.18 Å². The molecular formula is C20H18FN3O. The van der Waals surface area contributed by atoms with Crippen molar-refractivity contribution in [3.63, 3.8) is 0 Å². The molecule has 0 spiro atoms. The Morgan fingerprint density at radius 1 is 1.20 bits per heavy atom. The number of hydrogen-bond acceptors (Lipinski definition) is 2. The number of fused-ring (bicyclic) bond motifs is 5. The van der Waals surface area contributed by atoms with Gasteiger partial charge in [-0.1, -0.05) is 18.7 Å². The number of alkyl halides is 1. The number of aromatic nitrogens is 1. The highest BCUT2D eigenvalue weighted by Gasteiger charge is 2.21. The fourth-order valence-electron chi connectivity index (χ4n) is 3.66. The molecule has 4 rings (SSSR count). The van der Waals surface area contributed by atoms with E-state index in [1.54, 1.807) is 6.07 Å². The van der Waals surface area contributed by atoms with Crippen LogP contribution in [0.15, 0.2) is 43.1 Å². The summed E-state index contributed by atoms with van der Waals surface area (Å²) in [7, 11) is 0. The van der Waals surface area contributed by atoms with E-state index >= 15 is 0 Å². The van der Waals surface area contributed by atoms with Gasteiger partial charge in [-0.05, 0) is 36.3 Å². The first-order chi connectivity index (χ1) is 12.1. The number of nitrogens with one attached hydrogen (secondary N) is 1. The molecule has 0 unspecified atom stereocenters. The number of halogens is 1. The van der Waals surface area contributed by atoms with Crippen LogP contribution in [-0.2, 0) is 6.54 Å². The Kier molecular flexibility index (Phi) is 3.57. The number of hydrogen-bond donors (Lipinski definition) is 2. The van der Waals surface area contributed by atoms with Crippen LogP contribution in [0.1, 0.15) is 27.9 Å². The average Bonchev–Trinajstić information content (AvgIpc) is 2.94. The van der Waals surface area contributed by atoms with E-state index in [-0.39, 0.29) is 6.67 Å². The summed E-state index contributed by atoms with van der Waals surface area (Å²) >= 11 is 0. The predicted molar refractivity (Wildman–Crippen MR) is 99.8 cm³/mol. The number of benzene rings is 2. The molecule has 0 saturated carbocycles. The molecule has 0 fully saturated rings. The quantitative estimate of drug-likeness (QED) is 0.762. The Bertz CT molecular complexity index is 1060. The molecule has 126 valence electrons. The maximum absolute atomic E-state index is 12.8. The normalized spacial score (nSPS) is 13.2. The monoisotopic (exact) mass is 335 g/mol. The molecule has 3 aromatic rings. The molecule has 2 heterocycles. The van der Waals surface area contributed by atoms with E-state index in [1.807, 2.05) is 36.5 Å². The van der Waals surface area contributed by atoms with Crippen LogP contribution in [-0.4, -0.2) is 17.1 Å². The molecular weight excluding hydrogens is 317 g/mol. The van der Waals surface area contributed by atoms with Crippen LogP contribution in [0.4, 0.5) is 4.39 Å². The van der Waals surface area contributed by atoms with Crippen molar-refractivity contribution >= 4 is 39.5 Å². The summed E-state index contributed by atoms with van der Waals surface area (Å²) in [6, 6.07) is 9.51. The van der Waals surface area contributed by atoms with Crippen molar-refractivity contribution in [2.45, 2.75) is 13.0 Å². The summed E-state index contributed by atoms with van der Waals surface area (Å²) in [5.74, 6) is -0.468. The minimum atomic E-state index is -0.468. The Hall–Kier alpha value is -3.08. The molecule has 5 heteroatoms. The zero-order valence-electron chi connectivity index (χ0n) is 13.7. The van der Waals surface area contributed by atoms with E-state index in [0.29, 0.717) is 18.5 Å². The van der Waals surface area contributed by atoms with Crippen LogP contribution in [0.3, 0.4) is 0 Å². The van der Waals surface area contributed by atoms with Gasteiger partial charge >= 0.3 is 0 Å². The lowest BCUT2D eigenvalue weighted by atomic mass is 9.95. The Balaban J connectivity index is 2.19. The number of rotatable bonds is 4. The summed E-state index contributed by atoms with van der Waals surface area (Å²) < 4.78 is 14.9. The molecule has 25 heavy (non-hydrogen) atoms. The van der Waals surface area contributed by atoms with Gasteiger partial charge in [-0.25, -0.2) is 0 Å². The molecule has 1 amide bonds. The highest BCUT2D eigenvalue weighted by molar-refractivity contribution is 6.20. The van der Waals surface area contributed by atoms with Gasteiger partial charge in [0.1, 0.15) is 0 Å². The van der Waals surface area contributed by atoms with Crippen molar-refractivity contribution in [2.75, 3.05) is 6.67 Å². The first kappa shape index (κ1) is 15.4. The summed E-state index contributed by atoms with van der Waals surface area (Å²) in [6.45, 7) is 4.20. The maximum atomic E-state index is 12.8. The summed E-state index contributed by atoms with van der Waals surface area (Å²) in [4.78, 5) is 12.0. The third-order valence-electron chi connectivity index (χ3n) is 4.71. The maximum Gasteiger partial charge on any atom is 0.249 e. The fraction of sp³-hybridized carbons (Fsp3) is 0.150. The lowest BCUT2D eigenvalue weighted by Gasteiger charge is -2.16. The number of carbonyl (C=O) groups excluding carboxylic acids is 1. The van der Waals surface area contributed by atoms with Crippen molar-refractivity contribution in [3.05, 3.63) is 59.8 Å². The molecule has 3 N–H and O–H groups in total. The minimum Gasteiger partial charge on any atom is -0.366 e. The Morgan fingerprint density at radius 3 is 2.76 bits per heavy atom. The molecule has 1 aliphatic heterocycles. The van der Waals surface area contributed by atoms with Gasteiger partial charge in [0.2, 0.25) is 5.91 Å². The number of amides is 1. The van der Waals surface area contributed by atoms with Gasteiger partial charge in [0.05, 0.1) is 6.67 Å². The number of nitrogens with two attached hydrogens (primary N) is 1. The molecule has 0 aliphatic carbocycles. The van der Waals surface area contributed by atoms with Crippen LogP contribution < -0.4 is 11.1 Å². The zero-order valence-corrected chi connectivity index (χ0v) is 13.7. The summed E-state index contributed by atoms with van der Waals surface area (Å²) in [5.41, 5.74) is 10.8. The van der Waals surface area contributed by atoms with Gasteiger partial charge in [0.25, 0.3) is 0 Å². The van der Waals surface area contributed by atoms with Gasteiger partial charge in [0.15, 0.2) is 0 Å². The lowest BCUT2D eigenvalue weighted by molar-refractivity contribution is 0.100. The average molecular weight is 335 g/mol. The van der Waals surface area contributed by atoms with Crippen molar-refractivity contribution in [1.82, 2.24) is 9.88 Å². The van der Waals surface area contributed by atoms with Crippen LogP contribution in [0.5, 0.6) is 0 Å². The molecule has 0 bridgehead atoms. The second-order valence-corrected chi connectivity index (χ2v) is 6.14. The van der Waals surface area contributed by atoms with Gasteiger partial charge in [0, 0.05) is 51.4 Å². The Morgan fingerprint density at radius 2 is 2.00 bits per heavy atom. The lowest BCUT2D eigenvalue weighted by Crippen LogP contribution is -2.11. The van der Waals surface area contributed by atoms with E-state index < -0.39 is 5.91 Å². The highest BCUT2D eigenvalue weighted by atomic mass is 19.1. The summed E-state index contributed by atoms with van der Waals surface area (Å²) in [5, 5.41) is 4.88. The molecule has 0 radical (unpaired) electrons. The van der Waals surface area contributed by atoms with Crippen molar-refractivity contribution < 1.29 is 9.18 Å². The predicted octanol–water partition coefficient (Wildman–Crippen LogP) is 3.80. The van der Waals surface area contributed by atoms with Crippen LogP contribution in [0.2, 0.25) is 0 Å². The number of carbonyl (C=O) groups is 1. The van der Waals surface area contributed by atoms with Crippen LogP contribution >= 0.6 is 0 Å². The first-order valence-electron chi connectivity index (χ1n) is 8.19. The largest absolute Gasteiger partial charge is 0.366 e. The second kappa shape index (κ2) is 5.77. The number of aryl methyl sites for hydroxylation is 1. The second-order valence-electron chi connectivity index (χ2n) is 6.14. The molecule has 0 saturated heterocycles. The third-order valence-corrected chi connectivity index (χ3v) is 4.71. The van der Waals surface area contributed by atoms with E-state index in [4.69, 9.17) is 5.73 Å². The topological polar surface area (TPSA) is 60.0 Å². The molecule has 1 aromatic heterocycles. The number of nitrogens with zero attached hydrogens (tertiary/aromatic N) is 1. The van der Waals surface area contributed by atoms with Crippen molar-refractivity contribution in [2.24, 2.45) is 5.73 Å². The zero-order chi connectivity index (χ0) is 17.6. The SMILES string of the molecule is C=C1NC=Cc2c1ccc1c2c2c(C(N)=O)cccc2n1CCCF. The standard InChI is InChI=1S/C20H18FN3O/c1-12-13-6-7-17-18(14(13)8-10-23-12)19-15(20(22)25)4-2-5-16(19)24(17)11-3-9-21/h2,4-8,10,23H,1,3,9,11H2,(H2,22,25). The van der Waals surface area contributed by atoms with Crippen molar-refractivity contribution in [3.8, 4) is 0 Å². The minimum absolute atomic E-state index is 0.387. The van der Waals surface area contributed by atoms with E-state index in [9.17, 15) is 9.18 Å². The van der Waals surface area contributed by atoms with Crippen molar-refractivity contribution in [1.29, 1.82) is 0 Å². The fourth-order valence-corrected chi connectivity index (χ4v) is 3.66. The van der Waals surface area contributed by atoms with Crippen LogP contribution in [0, 0.1) is 0 Å². The molecule has 2 aromatic carbocycles. The van der Waals surface area contributed by atoms with Gasteiger partial charge in [-0.15, -0.1) is 0 Å². The first-order valence-corrected chi connectivity index (χ1v) is 8.19. The molecule has 0 atom stereocenters. The number of primary amides is 1. The van der Waals surface area contributed by atoms with E-state index in [1.165, 1.54) is 0 Å².